The van der Waals surface area contributed by atoms with Crippen LogP contribution in [0.3, 0.4) is 0 Å². The number of hydrogen-bond acceptors (Lipinski definition) is 2. The summed E-state index contributed by atoms with van der Waals surface area (Å²) < 4.78 is 10.1. The van der Waals surface area contributed by atoms with Gasteiger partial charge in [-0.25, -0.2) is 0 Å². The van der Waals surface area contributed by atoms with Gasteiger partial charge < -0.3 is 9.47 Å². The quantitative estimate of drug-likeness (QED) is 0.333. The number of rotatable bonds is 5. The molecule has 1 saturated heterocycles. The van der Waals surface area contributed by atoms with Crippen molar-refractivity contribution in [3.63, 3.8) is 0 Å². The van der Waals surface area contributed by atoms with Crippen molar-refractivity contribution in [1.82, 2.24) is 0 Å². The standard InChI is InChI=1S/C6H12O2.C2H3Cl3Si/c1-2-3-7-4-6-5-8-6;1-2-6(3,4)5/h6H,2-5H2,1H3;2H,1H2. The molecular weight excluding hydrogens is 263 g/mol. The largest absolute Gasteiger partial charge is 0.379 e. The smallest absolute Gasteiger partial charge is 0.365 e. The SMILES string of the molecule is C=C[Si](Cl)(Cl)Cl.CCCOCC1CO1. The van der Waals surface area contributed by atoms with Crippen LogP contribution in [0.25, 0.3) is 0 Å². The summed E-state index contributed by atoms with van der Waals surface area (Å²) in [6, 6.07) is -2.45. The van der Waals surface area contributed by atoms with Gasteiger partial charge in [0.2, 0.25) is 0 Å². The minimum Gasteiger partial charge on any atom is -0.379 e. The lowest BCUT2D eigenvalue weighted by atomic mass is 10.5. The van der Waals surface area contributed by atoms with Gasteiger partial charge in [-0.15, -0.1) is 39.8 Å². The van der Waals surface area contributed by atoms with E-state index in [-0.39, 0.29) is 0 Å². The van der Waals surface area contributed by atoms with Crippen molar-refractivity contribution in [2.45, 2.75) is 19.4 Å². The predicted molar refractivity (Wildman–Crippen MR) is 64.4 cm³/mol. The van der Waals surface area contributed by atoms with Crippen molar-refractivity contribution in [2.75, 3.05) is 19.8 Å². The number of epoxide rings is 1. The molecule has 1 unspecified atom stereocenters. The lowest BCUT2D eigenvalue weighted by molar-refractivity contribution is 0.117. The molecular formula is C8H15Cl3O2Si. The molecule has 2 nitrogen and oxygen atoms in total. The minimum atomic E-state index is -2.45. The first-order valence-electron chi connectivity index (χ1n) is 4.39. The maximum Gasteiger partial charge on any atom is 0.365 e. The minimum absolute atomic E-state index is 0.432. The Bertz CT molecular complexity index is 157. The summed E-state index contributed by atoms with van der Waals surface area (Å²) in [5, 5.41) is 0. The zero-order chi connectivity index (χ0) is 11.0. The lowest BCUT2D eigenvalue weighted by Gasteiger charge is -1.95. The van der Waals surface area contributed by atoms with E-state index in [2.05, 4.69) is 13.5 Å². The van der Waals surface area contributed by atoms with Crippen LogP contribution in [0.1, 0.15) is 13.3 Å². The number of halogens is 3. The van der Waals surface area contributed by atoms with Crippen LogP contribution in [0.2, 0.25) is 0 Å². The number of ether oxygens (including phenoxy) is 2. The second-order valence-corrected chi connectivity index (χ2v) is 11.4. The van der Waals surface area contributed by atoms with E-state index in [0.717, 1.165) is 26.2 Å². The van der Waals surface area contributed by atoms with Crippen LogP contribution in [0.4, 0.5) is 0 Å². The second kappa shape index (κ2) is 7.96. The van der Waals surface area contributed by atoms with Crippen molar-refractivity contribution in [3.8, 4) is 0 Å². The maximum absolute atomic E-state index is 5.27. The Kier molecular flexibility index (Phi) is 8.39. The fraction of sp³-hybridized carbons (Fsp3) is 0.750. The Labute approximate surface area is 100 Å². The third kappa shape index (κ3) is 12.7. The van der Waals surface area contributed by atoms with Gasteiger partial charge in [-0.3, -0.25) is 0 Å². The molecule has 84 valence electrons. The van der Waals surface area contributed by atoms with Crippen LogP contribution in [0.15, 0.2) is 12.3 Å². The summed E-state index contributed by atoms with van der Waals surface area (Å²) in [5.74, 6) is 0. The molecule has 14 heavy (non-hydrogen) atoms. The third-order valence-corrected chi connectivity index (χ3v) is 3.14. The Morgan fingerprint density at radius 3 is 2.36 bits per heavy atom. The average molecular weight is 278 g/mol. The van der Waals surface area contributed by atoms with Crippen LogP contribution >= 0.6 is 33.2 Å². The molecule has 0 aromatic heterocycles. The highest BCUT2D eigenvalue weighted by atomic mass is 35.8. The summed E-state index contributed by atoms with van der Waals surface area (Å²) in [5.41, 5.74) is 1.37. The van der Waals surface area contributed by atoms with Gasteiger partial charge in [-0.05, 0) is 6.42 Å². The molecule has 1 heterocycles. The summed E-state index contributed by atoms with van der Waals surface area (Å²) in [4.78, 5) is 0. The second-order valence-electron chi connectivity index (χ2n) is 2.78. The molecule has 1 aliphatic heterocycles. The molecule has 0 aliphatic carbocycles. The van der Waals surface area contributed by atoms with Crippen LogP contribution in [0.5, 0.6) is 0 Å². The average Bonchev–Trinajstić information content (AvgIpc) is 2.89. The molecule has 0 amide bonds. The molecule has 0 bridgehead atoms. The zero-order valence-electron chi connectivity index (χ0n) is 8.14. The van der Waals surface area contributed by atoms with Crippen molar-refractivity contribution in [3.05, 3.63) is 12.3 Å². The Morgan fingerprint density at radius 1 is 1.57 bits per heavy atom. The highest BCUT2D eigenvalue weighted by Gasteiger charge is 2.21. The zero-order valence-corrected chi connectivity index (χ0v) is 11.4. The highest BCUT2D eigenvalue weighted by molar-refractivity contribution is 7.66. The van der Waals surface area contributed by atoms with E-state index in [0.29, 0.717) is 6.10 Å². The molecule has 0 radical (unpaired) electrons. The summed E-state index contributed by atoms with van der Waals surface area (Å²) >= 11 is 15.8. The van der Waals surface area contributed by atoms with Crippen molar-refractivity contribution < 1.29 is 9.47 Å². The maximum atomic E-state index is 5.27. The molecule has 0 aromatic rings. The van der Waals surface area contributed by atoms with Gasteiger partial charge in [0.25, 0.3) is 0 Å². The van der Waals surface area contributed by atoms with E-state index in [1.54, 1.807) is 0 Å². The van der Waals surface area contributed by atoms with Gasteiger partial charge >= 0.3 is 6.00 Å². The van der Waals surface area contributed by atoms with Gasteiger partial charge in [0.1, 0.15) is 6.10 Å². The molecule has 1 rings (SSSR count). The van der Waals surface area contributed by atoms with Crippen molar-refractivity contribution >= 4 is 39.2 Å². The summed E-state index contributed by atoms with van der Waals surface area (Å²) in [6.07, 6.45) is 1.54. The first kappa shape index (κ1) is 14.7. The lowest BCUT2D eigenvalue weighted by Crippen LogP contribution is -2.01. The summed E-state index contributed by atoms with van der Waals surface area (Å²) in [7, 11) is 0. The molecule has 1 atom stereocenters. The topological polar surface area (TPSA) is 21.8 Å². The van der Waals surface area contributed by atoms with Crippen LogP contribution in [-0.4, -0.2) is 31.9 Å². The van der Waals surface area contributed by atoms with Gasteiger partial charge in [0.15, 0.2) is 0 Å². The van der Waals surface area contributed by atoms with E-state index < -0.39 is 6.00 Å². The predicted octanol–water partition coefficient (Wildman–Crippen LogP) is 3.18. The van der Waals surface area contributed by atoms with Gasteiger partial charge in [0, 0.05) is 6.61 Å². The molecule has 0 saturated carbocycles. The number of hydrogen-bond donors (Lipinski definition) is 0. The van der Waals surface area contributed by atoms with E-state index in [4.69, 9.17) is 42.7 Å². The highest BCUT2D eigenvalue weighted by Crippen LogP contribution is 2.19. The van der Waals surface area contributed by atoms with E-state index in [1.165, 1.54) is 5.70 Å². The van der Waals surface area contributed by atoms with Gasteiger partial charge in [-0.2, -0.15) is 0 Å². The molecule has 6 heteroatoms. The first-order valence-corrected chi connectivity index (χ1v) is 9.50. The monoisotopic (exact) mass is 276 g/mol. The first-order chi connectivity index (χ1) is 6.49. The Morgan fingerprint density at radius 2 is 2.07 bits per heavy atom. The Balaban J connectivity index is 0.000000255. The van der Waals surface area contributed by atoms with Gasteiger partial charge in [0.05, 0.1) is 13.2 Å². The van der Waals surface area contributed by atoms with Gasteiger partial charge in [-0.1, -0.05) is 12.6 Å². The summed E-state index contributed by atoms with van der Waals surface area (Å²) in [6.45, 7) is 7.98. The molecule has 0 N–H and O–H groups in total. The van der Waals surface area contributed by atoms with Crippen molar-refractivity contribution in [1.29, 1.82) is 0 Å². The fourth-order valence-corrected chi connectivity index (χ4v) is 0.523. The molecule has 0 spiro atoms. The van der Waals surface area contributed by atoms with Crippen LogP contribution in [-0.2, 0) is 9.47 Å². The normalized spacial score (nSPS) is 19.6. The van der Waals surface area contributed by atoms with Crippen molar-refractivity contribution in [2.24, 2.45) is 0 Å². The van der Waals surface area contributed by atoms with E-state index >= 15 is 0 Å². The van der Waals surface area contributed by atoms with E-state index in [9.17, 15) is 0 Å². The molecule has 1 fully saturated rings. The third-order valence-electron chi connectivity index (χ3n) is 1.29. The molecule has 1 aliphatic rings. The fourth-order valence-electron chi connectivity index (χ4n) is 0.523. The van der Waals surface area contributed by atoms with Crippen LogP contribution in [0, 0.1) is 0 Å². The van der Waals surface area contributed by atoms with E-state index in [1.807, 2.05) is 0 Å². The molecule has 0 aromatic carbocycles. The van der Waals surface area contributed by atoms with Crippen LogP contribution < -0.4 is 0 Å². The Hall–Kier alpha value is 0.747.